The van der Waals surface area contributed by atoms with E-state index in [-0.39, 0.29) is 17.0 Å². The van der Waals surface area contributed by atoms with Crippen LogP contribution in [-0.2, 0) is 15.6 Å². The van der Waals surface area contributed by atoms with E-state index in [1.54, 1.807) is 12.1 Å². The number of hydrogen-bond acceptors (Lipinski definition) is 4. The highest BCUT2D eigenvalue weighted by Gasteiger charge is 2.21. The summed E-state index contributed by atoms with van der Waals surface area (Å²) in [4.78, 5) is -0.219. The molecule has 15 heavy (non-hydrogen) atoms. The van der Waals surface area contributed by atoms with E-state index in [4.69, 9.17) is 21.7 Å². The van der Waals surface area contributed by atoms with Crippen LogP contribution in [0.4, 0.5) is 0 Å². The summed E-state index contributed by atoms with van der Waals surface area (Å²) in [5.41, 5.74) is 5.68. The minimum atomic E-state index is -3.97. The van der Waals surface area contributed by atoms with Crippen molar-refractivity contribution in [2.45, 2.75) is 11.4 Å². The summed E-state index contributed by atoms with van der Waals surface area (Å²) in [6.45, 7) is 0.00322. The quantitative estimate of drug-likeness (QED) is 0.843. The average molecular weight is 310 g/mol. The fourth-order valence-corrected chi connectivity index (χ4v) is 3.09. The smallest absolute Gasteiger partial charge is 0.262 e. The zero-order valence-corrected chi connectivity index (χ0v) is 10.5. The zero-order chi connectivity index (χ0) is 11.6. The standard InChI is InChI=1S/C8H6BrClN2O2S/c9-7-2-1-5(3-11)8(6(7)4-12)15(10,13)14/h1-2H,3,11H2. The summed E-state index contributed by atoms with van der Waals surface area (Å²) >= 11 is 3.08. The number of hydrogen-bond donors (Lipinski definition) is 1. The van der Waals surface area contributed by atoms with Crippen LogP contribution in [0.25, 0.3) is 0 Å². The lowest BCUT2D eigenvalue weighted by Crippen LogP contribution is -2.06. The number of benzene rings is 1. The van der Waals surface area contributed by atoms with Crippen molar-refractivity contribution >= 4 is 35.7 Å². The molecule has 0 aliphatic rings. The maximum absolute atomic E-state index is 11.3. The fourth-order valence-electron chi connectivity index (χ4n) is 1.15. The van der Waals surface area contributed by atoms with Crippen LogP contribution in [0.3, 0.4) is 0 Å². The van der Waals surface area contributed by atoms with Gasteiger partial charge in [-0.1, -0.05) is 6.07 Å². The molecule has 0 aliphatic heterocycles. The molecule has 1 aromatic rings. The molecule has 0 atom stereocenters. The van der Waals surface area contributed by atoms with E-state index in [0.29, 0.717) is 10.0 Å². The summed E-state index contributed by atoms with van der Waals surface area (Å²) < 4.78 is 22.9. The van der Waals surface area contributed by atoms with Crippen LogP contribution in [0, 0.1) is 11.3 Å². The summed E-state index contributed by atoms with van der Waals surface area (Å²) in [7, 11) is 1.27. The lowest BCUT2D eigenvalue weighted by atomic mass is 10.1. The molecule has 0 radical (unpaired) electrons. The van der Waals surface area contributed by atoms with Crippen LogP contribution in [0.1, 0.15) is 11.1 Å². The Bertz CT molecular complexity index is 536. The van der Waals surface area contributed by atoms with Gasteiger partial charge in [0.25, 0.3) is 9.05 Å². The van der Waals surface area contributed by atoms with E-state index in [1.165, 1.54) is 6.07 Å². The average Bonchev–Trinajstić information content (AvgIpc) is 2.15. The van der Waals surface area contributed by atoms with E-state index < -0.39 is 9.05 Å². The van der Waals surface area contributed by atoms with Gasteiger partial charge in [0.05, 0.1) is 5.56 Å². The summed E-state index contributed by atoms with van der Waals surface area (Å²) in [6.07, 6.45) is 0. The van der Waals surface area contributed by atoms with E-state index >= 15 is 0 Å². The van der Waals surface area contributed by atoms with Gasteiger partial charge in [0, 0.05) is 21.7 Å². The molecule has 0 bridgehead atoms. The normalized spacial score (nSPS) is 11.1. The second-order valence-corrected chi connectivity index (χ2v) is 6.02. The van der Waals surface area contributed by atoms with Gasteiger partial charge in [-0.25, -0.2) is 8.42 Å². The Labute approximate surface area is 100 Å². The summed E-state index contributed by atoms with van der Waals surface area (Å²) in [5, 5.41) is 8.84. The molecular formula is C8H6BrClN2O2S. The molecule has 4 nitrogen and oxygen atoms in total. The molecule has 1 rings (SSSR count). The Morgan fingerprint density at radius 2 is 2.13 bits per heavy atom. The van der Waals surface area contributed by atoms with Crippen molar-refractivity contribution in [1.29, 1.82) is 5.26 Å². The highest BCUT2D eigenvalue weighted by molar-refractivity contribution is 9.10. The van der Waals surface area contributed by atoms with E-state index in [0.717, 1.165) is 0 Å². The summed E-state index contributed by atoms with van der Waals surface area (Å²) in [5.74, 6) is 0. The molecule has 0 fully saturated rings. The van der Waals surface area contributed by atoms with Gasteiger partial charge < -0.3 is 5.73 Å². The second-order valence-electron chi connectivity index (χ2n) is 2.66. The molecule has 80 valence electrons. The molecule has 0 saturated carbocycles. The third-order valence-corrected chi connectivity index (χ3v) is 3.84. The molecular weight excluding hydrogens is 304 g/mol. The lowest BCUT2D eigenvalue weighted by molar-refractivity contribution is 0.608. The molecule has 1 aromatic carbocycles. The molecule has 0 aliphatic carbocycles. The topological polar surface area (TPSA) is 83.9 Å². The Morgan fingerprint density at radius 3 is 2.53 bits per heavy atom. The minimum absolute atomic E-state index is 0.00322. The van der Waals surface area contributed by atoms with Crippen LogP contribution in [0.15, 0.2) is 21.5 Å². The third kappa shape index (κ3) is 2.49. The maximum Gasteiger partial charge on any atom is 0.262 e. The molecule has 0 spiro atoms. The van der Waals surface area contributed by atoms with E-state index in [2.05, 4.69) is 15.9 Å². The zero-order valence-electron chi connectivity index (χ0n) is 7.37. The summed E-state index contributed by atoms with van der Waals surface area (Å²) in [6, 6.07) is 4.85. The predicted molar refractivity (Wildman–Crippen MR) is 59.8 cm³/mol. The monoisotopic (exact) mass is 308 g/mol. The van der Waals surface area contributed by atoms with Crippen molar-refractivity contribution in [1.82, 2.24) is 0 Å². The van der Waals surface area contributed by atoms with Gasteiger partial charge in [-0.3, -0.25) is 0 Å². The lowest BCUT2D eigenvalue weighted by Gasteiger charge is -2.07. The largest absolute Gasteiger partial charge is 0.326 e. The predicted octanol–water partition coefficient (Wildman–Crippen LogP) is 1.71. The number of nitrogens with two attached hydrogens (primary N) is 1. The van der Waals surface area contributed by atoms with Gasteiger partial charge in [0.1, 0.15) is 11.0 Å². The Balaban J connectivity index is 3.73. The van der Waals surface area contributed by atoms with Crippen molar-refractivity contribution in [3.05, 3.63) is 27.7 Å². The van der Waals surface area contributed by atoms with Crippen molar-refractivity contribution in [3.8, 4) is 6.07 Å². The molecule has 0 saturated heterocycles. The number of nitriles is 1. The Morgan fingerprint density at radius 1 is 1.53 bits per heavy atom. The van der Waals surface area contributed by atoms with Gasteiger partial charge in [0.15, 0.2) is 0 Å². The molecule has 0 heterocycles. The minimum Gasteiger partial charge on any atom is -0.326 e. The van der Waals surface area contributed by atoms with Crippen LogP contribution < -0.4 is 5.73 Å². The molecule has 0 unspecified atom stereocenters. The number of nitrogens with zero attached hydrogens (tertiary/aromatic N) is 1. The number of rotatable bonds is 2. The first-order valence-electron chi connectivity index (χ1n) is 3.78. The fraction of sp³-hybridized carbons (Fsp3) is 0.125. The SMILES string of the molecule is N#Cc1c(Br)ccc(CN)c1S(=O)(=O)Cl. The molecule has 2 N–H and O–H groups in total. The molecule has 0 amide bonds. The van der Waals surface area contributed by atoms with E-state index in [9.17, 15) is 8.42 Å². The molecule has 0 aromatic heterocycles. The van der Waals surface area contributed by atoms with Crippen LogP contribution in [-0.4, -0.2) is 8.42 Å². The van der Waals surface area contributed by atoms with Crippen LogP contribution in [0.5, 0.6) is 0 Å². The first-order chi connectivity index (χ1) is 6.91. The molecule has 7 heteroatoms. The highest BCUT2D eigenvalue weighted by Crippen LogP contribution is 2.29. The second kappa shape index (κ2) is 4.49. The third-order valence-electron chi connectivity index (χ3n) is 1.76. The van der Waals surface area contributed by atoms with Gasteiger partial charge >= 0.3 is 0 Å². The van der Waals surface area contributed by atoms with Gasteiger partial charge in [0.2, 0.25) is 0 Å². The van der Waals surface area contributed by atoms with Crippen molar-refractivity contribution < 1.29 is 8.42 Å². The Kier molecular flexibility index (Phi) is 3.73. The van der Waals surface area contributed by atoms with E-state index in [1.807, 2.05) is 0 Å². The van der Waals surface area contributed by atoms with Crippen molar-refractivity contribution in [3.63, 3.8) is 0 Å². The first kappa shape index (κ1) is 12.5. The highest BCUT2D eigenvalue weighted by atomic mass is 79.9. The van der Waals surface area contributed by atoms with Crippen molar-refractivity contribution in [2.24, 2.45) is 5.73 Å². The van der Waals surface area contributed by atoms with Crippen LogP contribution >= 0.6 is 26.6 Å². The van der Waals surface area contributed by atoms with Gasteiger partial charge in [-0.2, -0.15) is 5.26 Å². The number of halogens is 2. The van der Waals surface area contributed by atoms with Crippen LogP contribution in [0.2, 0.25) is 0 Å². The first-order valence-corrected chi connectivity index (χ1v) is 6.88. The maximum atomic E-state index is 11.3. The van der Waals surface area contributed by atoms with Gasteiger partial charge in [-0.05, 0) is 27.6 Å². The van der Waals surface area contributed by atoms with Gasteiger partial charge in [-0.15, -0.1) is 0 Å². The Hall–Kier alpha value is -0.610. The van der Waals surface area contributed by atoms with Crippen molar-refractivity contribution in [2.75, 3.05) is 0 Å².